The van der Waals surface area contributed by atoms with Crippen LogP contribution in [-0.2, 0) is 16.6 Å². The summed E-state index contributed by atoms with van der Waals surface area (Å²) in [6.07, 6.45) is 7.32. The molecule has 7 heteroatoms. The van der Waals surface area contributed by atoms with Crippen molar-refractivity contribution in [2.24, 2.45) is 5.92 Å². The van der Waals surface area contributed by atoms with E-state index in [-0.39, 0.29) is 6.04 Å². The van der Waals surface area contributed by atoms with Gasteiger partial charge in [0.05, 0.1) is 6.20 Å². The minimum Gasteiger partial charge on any atom is -0.320 e. The summed E-state index contributed by atoms with van der Waals surface area (Å²) >= 11 is 0. The fourth-order valence-electron chi connectivity index (χ4n) is 3.33. The summed E-state index contributed by atoms with van der Waals surface area (Å²) in [5.74, 6) is 0.570. The lowest BCUT2D eigenvalue weighted by Crippen LogP contribution is -2.37. The summed E-state index contributed by atoms with van der Waals surface area (Å²) in [5.41, 5.74) is 0. The van der Waals surface area contributed by atoms with E-state index in [1.807, 2.05) is 7.05 Å². The van der Waals surface area contributed by atoms with Crippen molar-refractivity contribution in [3.8, 4) is 0 Å². The molecule has 6 nitrogen and oxygen atoms in total. The van der Waals surface area contributed by atoms with Crippen LogP contribution in [-0.4, -0.2) is 48.7 Å². The minimum atomic E-state index is -3.34. The lowest BCUT2D eigenvalue weighted by atomic mass is 10.1. The number of sulfonamides is 1. The Kier molecular flexibility index (Phi) is 3.83. The van der Waals surface area contributed by atoms with Crippen LogP contribution >= 0.6 is 0 Å². The predicted octanol–water partition coefficient (Wildman–Crippen LogP) is 0.666. The molecule has 2 atom stereocenters. The van der Waals surface area contributed by atoms with Gasteiger partial charge in [0.25, 0.3) is 0 Å². The normalized spacial score (nSPS) is 26.4. The van der Waals surface area contributed by atoms with Crippen LogP contribution in [0, 0.1) is 5.92 Å². The van der Waals surface area contributed by atoms with Gasteiger partial charge >= 0.3 is 0 Å². The smallest absolute Gasteiger partial charge is 0.246 e. The molecule has 0 aromatic carbocycles. The van der Waals surface area contributed by atoms with Crippen molar-refractivity contribution in [3.05, 3.63) is 12.4 Å². The highest BCUT2D eigenvalue weighted by atomic mass is 32.2. The molecular weight excluding hydrogens is 276 g/mol. The van der Waals surface area contributed by atoms with Crippen LogP contribution in [0.25, 0.3) is 0 Å². The molecule has 20 heavy (non-hydrogen) atoms. The fraction of sp³-hybridized carbons (Fsp3) is 0.769. The van der Waals surface area contributed by atoms with Crippen molar-refractivity contribution in [1.82, 2.24) is 19.4 Å². The molecule has 1 aromatic rings. The van der Waals surface area contributed by atoms with Gasteiger partial charge in [-0.05, 0) is 45.2 Å². The van der Waals surface area contributed by atoms with Gasteiger partial charge in [0.1, 0.15) is 4.90 Å². The third-order valence-corrected chi connectivity index (χ3v) is 6.26. The maximum atomic E-state index is 12.6. The highest BCUT2D eigenvalue weighted by molar-refractivity contribution is 7.89. The van der Waals surface area contributed by atoms with E-state index in [0.29, 0.717) is 17.4 Å². The van der Waals surface area contributed by atoms with E-state index >= 15 is 0 Å². The second kappa shape index (κ2) is 5.46. The fourth-order valence-corrected chi connectivity index (χ4v) is 5.02. The van der Waals surface area contributed by atoms with Crippen molar-refractivity contribution in [3.63, 3.8) is 0 Å². The second-order valence-corrected chi connectivity index (χ2v) is 7.69. The van der Waals surface area contributed by atoms with Gasteiger partial charge in [0.2, 0.25) is 10.0 Å². The summed E-state index contributed by atoms with van der Waals surface area (Å²) in [4.78, 5) is 0.342. The van der Waals surface area contributed by atoms with Gasteiger partial charge in [0.15, 0.2) is 0 Å². The molecular formula is C13H22N4O2S. The van der Waals surface area contributed by atoms with Crippen molar-refractivity contribution < 1.29 is 8.42 Å². The highest BCUT2D eigenvalue weighted by Crippen LogP contribution is 2.40. The van der Waals surface area contributed by atoms with Crippen LogP contribution in [0.1, 0.15) is 25.7 Å². The van der Waals surface area contributed by atoms with E-state index < -0.39 is 10.0 Å². The molecule has 2 heterocycles. The van der Waals surface area contributed by atoms with Crippen LogP contribution in [0.5, 0.6) is 0 Å². The van der Waals surface area contributed by atoms with Crippen LogP contribution < -0.4 is 5.32 Å². The van der Waals surface area contributed by atoms with Crippen LogP contribution in [0.4, 0.5) is 0 Å². The van der Waals surface area contributed by atoms with E-state index in [1.165, 1.54) is 12.6 Å². The lowest BCUT2D eigenvalue weighted by molar-refractivity contribution is 0.333. The van der Waals surface area contributed by atoms with E-state index in [9.17, 15) is 8.42 Å². The van der Waals surface area contributed by atoms with Gasteiger partial charge in [-0.2, -0.15) is 9.40 Å². The highest BCUT2D eigenvalue weighted by Gasteiger charge is 2.44. The Morgan fingerprint density at radius 3 is 2.95 bits per heavy atom. The summed E-state index contributed by atoms with van der Waals surface area (Å²) in [6, 6.07) is 0.220. The molecule has 3 rings (SSSR count). The van der Waals surface area contributed by atoms with Crippen molar-refractivity contribution >= 4 is 10.0 Å². The van der Waals surface area contributed by atoms with Crippen LogP contribution in [0.3, 0.4) is 0 Å². The zero-order chi connectivity index (χ0) is 14.2. The standard InChI is InChI=1S/C13H22N4O2S/c1-14-5-2-6-16-10-13(8-15-16)20(18,19)17-9-11-3-4-12(17)7-11/h8,10-12,14H,2-7,9H2,1H3. The predicted molar refractivity (Wildman–Crippen MR) is 75.8 cm³/mol. The van der Waals surface area contributed by atoms with Crippen molar-refractivity contribution in [2.45, 2.75) is 43.2 Å². The maximum Gasteiger partial charge on any atom is 0.246 e. The third-order valence-electron chi connectivity index (χ3n) is 4.39. The summed E-state index contributed by atoms with van der Waals surface area (Å²) in [6.45, 7) is 2.33. The molecule has 0 amide bonds. The molecule has 1 N–H and O–H groups in total. The molecule has 1 aliphatic carbocycles. The third kappa shape index (κ3) is 2.49. The molecule has 2 fully saturated rings. The molecule has 0 radical (unpaired) electrons. The maximum absolute atomic E-state index is 12.6. The molecule has 1 saturated heterocycles. The lowest BCUT2D eigenvalue weighted by Gasteiger charge is -2.25. The molecule has 2 aliphatic rings. The SMILES string of the molecule is CNCCCn1cc(S(=O)(=O)N2CC3CCC2C3)cn1. The first-order chi connectivity index (χ1) is 9.61. The van der Waals surface area contributed by atoms with Crippen LogP contribution in [0.2, 0.25) is 0 Å². The number of piperidine rings is 1. The number of nitrogens with one attached hydrogen (secondary N) is 1. The van der Waals surface area contributed by atoms with E-state index in [2.05, 4.69) is 10.4 Å². The quantitative estimate of drug-likeness (QED) is 0.784. The van der Waals surface area contributed by atoms with Gasteiger partial charge in [0, 0.05) is 25.3 Å². The Morgan fingerprint density at radius 2 is 2.30 bits per heavy atom. The Bertz CT molecular complexity index is 569. The van der Waals surface area contributed by atoms with Gasteiger partial charge in [-0.15, -0.1) is 0 Å². The topological polar surface area (TPSA) is 67.2 Å². The molecule has 1 saturated carbocycles. The van der Waals surface area contributed by atoms with Gasteiger partial charge < -0.3 is 5.32 Å². The molecule has 0 spiro atoms. The number of fused-ring (bicyclic) bond motifs is 2. The number of aromatic nitrogens is 2. The largest absolute Gasteiger partial charge is 0.320 e. The van der Waals surface area contributed by atoms with E-state index in [4.69, 9.17) is 0 Å². The first kappa shape index (κ1) is 14.0. The van der Waals surface area contributed by atoms with Crippen LogP contribution in [0.15, 0.2) is 17.3 Å². The van der Waals surface area contributed by atoms with Gasteiger partial charge in [-0.25, -0.2) is 8.42 Å². The molecule has 2 unspecified atom stereocenters. The molecule has 1 aliphatic heterocycles. The minimum absolute atomic E-state index is 0.220. The number of rotatable bonds is 6. The Balaban J connectivity index is 1.71. The Hall–Kier alpha value is -0.920. The number of nitrogens with zero attached hydrogens (tertiary/aromatic N) is 3. The average Bonchev–Trinajstić information content (AvgIpc) is 3.15. The first-order valence-electron chi connectivity index (χ1n) is 7.30. The molecule has 2 bridgehead atoms. The molecule has 1 aromatic heterocycles. The Labute approximate surface area is 120 Å². The zero-order valence-electron chi connectivity index (χ0n) is 11.8. The first-order valence-corrected chi connectivity index (χ1v) is 8.74. The summed E-state index contributed by atoms with van der Waals surface area (Å²) < 4.78 is 28.7. The number of aryl methyl sites for hydroxylation is 1. The monoisotopic (exact) mass is 298 g/mol. The second-order valence-electron chi connectivity index (χ2n) is 5.80. The zero-order valence-corrected chi connectivity index (χ0v) is 12.6. The summed E-state index contributed by atoms with van der Waals surface area (Å²) in [5, 5.41) is 7.24. The van der Waals surface area contributed by atoms with Gasteiger partial charge in [-0.3, -0.25) is 4.68 Å². The number of hydrogen-bond donors (Lipinski definition) is 1. The average molecular weight is 298 g/mol. The van der Waals surface area contributed by atoms with Crippen molar-refractivity contribution in [1.29, 1.82) is 0 Å². The van der Waals surface area contributed by atoms with Crippen molar-refractivity contribution in [2.75, 3.05) is 20.1 Å². The summed E-state index contributed by atoms with van der Waals surface area (Å²) in [7, 11) is -1.44. The van der Waals surface area contributed by atoms with E-state index in [1.54, 1.807) is 15.2 Å². The Morgan fingerprint density at radius 1 is 1.45 bits per heavy atom. The van der Waals surface area contributed by atoms with Gasteiger partial charge in [-0.1, -0.05) is 0 Å². The molecule has 112 valence electrons. The number of hydrogen-bond acceptors (Lipinski definition) is 4. The van der Waals surface area contributed by atoms with E-state index in [0.717, 1.165) is 32.4 Å².